The third-order valence-corrected chi connectivity index (χ3v) is 9.72. The Morgan fingerprint density at radius 2 is 0.883 bits per heavy atom. The molecule has 0 aromatic heterocycles. The van der Waals surface area contributed by atoms with Crippen LogP contribution in [0, 0.1) is 0 Å². The molecular weight excluding hydrogens is 751 g/mol. The molecule has 60 heavy (non-hydrogen) atoms. The zero-order valence-electron chi connectivity index (χ0n) is 38.6. The zero-order chi connectivity index (χ0) is 44.2. The number of nitrogens with zero attached hydrogens (tertiary/aromatic N) is 1. The van der Waals surface area contributed by atoms with Crippen LogP contribution in [0.1, 0.15) is 162 Å². The lowest BCUT2D eigenvalue weighted by Crippen LogP contribution is -2.55. The first-order chi connectivity index (χ1) is 29.1. The fourth-order valence-corrected chi connectivity index (χ4v) is 6.17. The number of hydrogen-bond acceptors (Lipinski definition) is 7. The van der Waals surface area contributed by atoms with Gasteiger partial charge >= 0.3 is 11.9 Å². The van der Waals surface area contributed by atoms with Gasteiger partial charge in [-0.2, -0.15) is 0 Å². The number of unbranched alkanes of at least 4 members (excludes halogenated alkanes) is 10. The van der Waals surface area contributed by atoms with Crippen LogP contribution in [0.2, 0.25) is 0 Å². The maximum absolute atomic E-state index is 12.7. The number of esters is 2. The Bertz CT molecular complexity index is 1300. The van der Waals surface area contributed by atoms with Crippen molar-refractivity contribution in [3.63, 3.8) is 0 Å². The number of carbonyl (C=O) groups excluding carboxylic acids is 3. The minimum atomic E-state index is -1.14. The second kappa shape index (κ2) is 42.0. The number of carbonyl (C=O) groups is 3. The second-order valence-corrected chi connectivity index (χ2v) is 16.2. The zero-order valence-corrected chi connectivity index (χ0v) is 38.6. The second-order valence-electron chi connectivity index (χ2n) is 16.2. The molecule has 2 unspecified atom stereocenters. The van der Waals surface area contributed by atoms with Crippen LogP contribution >= 0.6 is 0 Å². The number of carboxylic acids is 1. The molecule has 0 aliphatic heterocycles. The Kier molecular flexibility index (Phi) is 39.3. The Morgan fingerprint density at radius 1 is 0.500 bits per heavy atom. The van der Waals surface area contributed by atoms with E-state index in [0.29, 0.717) is 6.42 Å². The molecule has 0 aliphatic rings. The third kappa shape index (κ3) is 39.7. The van der Waals surface area contributed by atoms with E-state index < -0.39 is 18.1 Å². The van der Waals surface area contributed by atoms with Crippen molar-refractivity contribution in [2.45, 2.75) is 174 Å². The first kappa shape index (κ1) is 56.2. The lowest BCUT2D eigenvalue weighted by Gasteiger charge is -2.34. The molecule has 0 aromatic rings. The highest BCUT2D eigenvalue weighted by molar-refractivity contribution is 5.70. The van der Waals surface area contributed by atoms with Crippen LogP contribution in [0.3, 0.4) is 0 Å². The molecule has 0 amide bonds. The molecule has 0 saturated carbocycles. The Balaban J connectivity index is 4.35. The summed E-state index contributed by atoms with van der Waals surface area (Å²) in [7, 11) is 5.38. The van der Waals surface area contributed by atoms with Crippen LogP contribution < -0.4 is 5.11 Å². The van der Waals surface area contributed by atoms with E-state index in [1.807, 2.05) is 0 Å². The Labute approximate surface area is 366 Å². The lowest BCUT2D eigenvalue weighted by atomic mass is 10.1. The van der Waals surface area contributed by atoms with E-state index in [2.05, 4.69) is 111 Å². The van der Waals surface area contributed by atoms with Crippen LogP contribution in [0.5, 0.6) is 0 Å². The van der Waals surface area contributed by atoms with Crippen molar-refractivity contribution in [1.29, 1.82) is 0 Å². The maximum atomic E-state index is 12.7. The summed E-state index contributed by atoms with van der Waals surface area (Å²) < 4.78 is 17.1. The van der Waals surface area contributed by atoms with E-state index in [-0.39, 0.29) is 49.1 Å². The van der Waals surface area contributed by atoms with Crippen LogP contribution in [-0.2, 0) is 28.6 Å². The molecule has 8 nitrogen and oxygen atoms in total. The smallest absolute Gasteiger partial charge is 0.306 e. The lowest BCUT2D eigenvalue weighted by molar-refractivity contribution is -0.889. The average Bonchev–Trinajstić information content (AvgIpc) is 3.21. The van der Waals surface area contributed by atoms with Gasteiger partial charge in [-0.3, -0.25) is 9.59 Å². The van der Waals surface area contributed by atoms with Crippen molar-refractivity contribution in [1.82, 2.24) is 0 Å². The fraction of sp³-hybridized carbons (Fsp3) is 0.635. The van der Waals surface area contributed by atoms with Gasteiger partial charge in [0.25, 0.3) is 0 Å². The molecule has 0 N–H and O–H groups in total. The number of ether oxygens (including phenoxy) is 3. The molecule has 0 aliphatic carbocycles. The van der Waals surface area contributed by atoms with Gasteiger partial charge in [-0.25, -0.2) is 0 Å². The number of allylic oxidation sites excluding steroid dienone is 16. The highest BCUT2D eigenvalue weighted by Crippen LogP contribution is 2.13. The van der Waals surface area contributed by atoms with E-state index in [1.54, 1.807) is 21.1 Å². The molecular formula is C52H85NO7. The number of aliphatic carboxylic acids is 1. The van der Waals surface area contributed by atoms with Crippen molar-refractivity contribution in [2.24, 2.45) is 0 Å². The number of carboxylic acid groups (broad SMARTS) is 1. The van der Waals surface area contributed by atoms with Gasteiger partial charge in [0.05, 0.1) is 40.3 Å². The molecule has 0 radical (unpaired) electrons. The van der Waals surface area contributed by atoms with Gasteiger partial charge in [0.1, 0.15) is 12.6 Å². The number of likely N-dealkylation sites (N-methyl/N-ethyl adjacent to an activating group) is 1. The fourth-order valence-electron chi connectivity index (χ4n) is 6.17. The first-order valence-corrected chi connectivity index (χ1v) is 23.3. The topological polar surface area (TPSA) is 102 Å². The standard InChI is InChI=1S/C52H85NO7/c1-6-8-10-12-14-16-18-20-22-23-24-25-26-27-28-29-31-32-34-36-38-40-42-50(54)59-47-48(46-58-45-44-49(52(56)57)53(3,4)5)60-51(55)43-41-39-37-35-33-30-21-19-17-15-13-11-9-7-2/h8-11,14-17,20-22,24-25,27-28,30,48-49H,6-7,12-13,18-19,23,26,29,31-47H2,1-5H3/b10-8+,11-9+,16-14+,17-15+,22-20+,25-24+,28-27+,30-21+. The van der Waals surface area contributed by atoms with E-state index in [0.717, 1.165) is 116 Å². The summed E-state index contributed by atoms with van der Waals surface area (Å²) >= 11 is 0. The van der Waals surface area contributed by atoms with Gasteiger partial charge in [0, 0.05) is 19.3 Å². The van der Waals surface area contributed by atoms with Crippen LogP contribution in [0.4, 0.5) is 0 Å². The third-order valence-electron chi connectivity index (χ3n) is 9.72. The normalized spacial score (nSPS) is 13.8. The van der Waals surface area contributed by atoms with Crippen LogP contribution in [0.25, 0.3) is 0 Å². The summed E-state index contributed by atoms with van der Waals surface area (Å²) in [6.07, 6.45) is 55.8. The van der Waals surface area contributed by atoms with Crippen LogP contribution in [0.15, 0.2) is 97.2 Å². The number of quaternary nitrogens is 1. The molecule has 2 atom stereocenters. The monoisotopic (exact) mass is 836 g/mol. The largest absolute Gasteiger partial charge is 0.544 e. The first-order valence-electron chi connectivity index (χ1n) is 23.3. The van der Waals surface area contributed by atoms with Crippen molar-refractivity contribution < 1.29 is 38.2 Å². The molecule has 8 heteroatoms. The van der Waals surface area contributed by atoms with Gasteiger partial charge < -0.3 is 28.6 Å². The molecule has 0 spiro atoms. The summed E-state index contributed by atoms with van der Waals surface area (Å²) in [5.74, 6) is -1.80. The number of hydrogen-bond donors (Lipinski definition) is 0. The Morgan fingerprint density at radius 3 is 1.30 bits per heavy atom. The van der Waals surface area contributed by atoms with Gasteiger partial charge in [0.2, 0.25) is 0 Å². The van der Waals surface area contributed by atoms with Gasteiger partial charge in [0.15, 0.2) is 6.10 Å². The van der Waals surface area contributed by atoms with Gasteiger partial charge in [-0.15, -0.1) is 0 Å². The SMILES string of the molecule is CC/C=C/C/C=C/C/C=C/C/C=C/C/C=C/CCCCCCCCC(=O)OCC(COCCC(C(=O)[O-])[N+](C)(C)C)OC(=O)CCCCCC/C=C/C/C=C/C/C=C/CC. The molecule has 0 bridgehead atoms. The predicted molar refractivity (Wildman–Crippen MR) is 249 cm³/mol. The van der Waals surface area contributed by atoms with Crippen molar-refractivity contribution in [2.75, 3.05) is 41.0 Å². The minimum Gasteiger partial charge on any atom is -0.544 e. The maximum Gasteiger partial charge on any atom is 0.306 e. The van der Waals surface area contributed by atoms with E-state index in [1.165, 1.54) is 12.8 Å². The van der Waals surface area contributed by atoms with Gasteiger partial charge in [-0.1, -0.05) is 150 Å². The highest BCUT2D eigenvalue weighted by atomic mass is 16.6. The highest BCUT2D eigenvalue weighted by Gasteiger charge is 2.25. The van der Waals surface area contributed by atoms with Crippen LogP contribution in [-0.4, -0.2) is 75.5 Å². The molecule has 0 aromatic carbocycles. The predicted octanol–water partition coefficient (Wildman–Crippen LogP) is 11.7. The molecule has 0 heterocycles. The summed E-state index contributed by atoms with van der Waals surface area (Å²) in [4.78, 5) is 36.9. The Hall–Kier alpha value is -3.75. The van der Waals surface area contributed by atoms with Crippen molar-refractivity contribution in [3.05, 3.63) is 97.2 Å². The summed E-state index contributed by atoms with van der Waals surface area (Å²) in [5, 5.41) is 11.6. The quantitative estimate of drug-likeness (QED) is 0.0262. The van der Waals surface area contributed by atoms with E-state index in [4.69, 9.17) is 14.2 Å². The van der Waals surface area contributed by atoms with E-state index in [9.17, 15) is 19.5 Å². The van der Waals surface area contributed by atoms with Crippen molar-refractivity contribution in [3.8, 4) is 0 Å². The number of rotatable bonds is 40. The molecule has 0 fully saturated rings. The van der Waals surface area contributed by atoms with Crippen molar-refractivity contribution >= 4 is 17.9 Å². The minimum absolute atomic E-state index is 0.0204. The average molecular weight is 836 g/mol. The summed E-state index contributed by atoms with van der Waals surface area (Å²) in [5.41, 5.74) is 0. The summed E-state index contributed by atoms with van der Waals surface area (Å²) in [6, 6.07) is -0.738. The summed E-state index contributed by atoms with van der Waals surface area (Å²) in [6.45, 7) is 4.37. The van der Waals surface area contributed by atoms with E-state index >= 15 is 0 Å². The molecule has 0 rings (SSSR count). The molecule has 0 saturated heterocycles. The van der Waals surface area contributed by atoms with Gasteiger partial charge in [-0.05, 0) is 89.9 Å². The molecule has 340 valence electrons.